The summed E-state index contributed by atoms with van der Waals surface area (Å²) in [5.74, 6) is -0.705. The van der Waals surface area contributed by atoms with Crippen LogP contribution in [-0.2, 0) is 16.0 Å². The van der Waals surface area contributed by atoms with Crippen LogP contribution in [0, 0.1) is 0 Å². The standard InChI is InChI=1S/C18H19NO4/c1-23-12-16(21)14-8-5-9-15(20)18(14)19-17(22)11-10-13-6-3-2-4-7-13/h2-9,20H,10-12H2,1H3,(H,19,22). The first-order valence-electron chi connectivity index (χ1n) is 7.29. The second-order valence-electron chi connectivity index (χ2n) is 5.09. The minimum Gasteiger partial charge on any atom is -0.506 e. The lowest BCUT2D eigenvalue weighted by Gasteiger charge is -2.12. The second-order valence-corrected chi connectivity index (χ2v) is 5.09. The van der Waals surface area contributed by atoms with E-state index in [1.165, 1.54) is 13.2 Å². The predicted octanol–water partition coefficient (Wildman–Crippen LogP) is 2.79. The third kappa shape index (κ3) is 4.66. The zero-order chi connectivity index (χ0) is 16.7. The summed E-state index contributed by atoms with van der Waals surface area (Å²) in [6, 6.07) is 14.2. The van der Waals surface area contributed by atoms with Gasteiger partial charge in [-0.3, -0.25) is 9.59 Å². The number of nitrogens with one attached hydrogen (secondary N) is 1. The molecule has 23 heavy (non-hydrogen) atoms. The fraction of sp³-hybridized carbons (Fsp3) is 0.222. The van der Waals surface area contributed by atoms with Gasteiger partial charge in [-0.15, -0.1) is 0 Å². The molecule has 0 saturated heterocycles. The number of phenolic OH excluding ortho intramolecular Hbond substituents is 1. The summed E-state index contributed by atoms with van der Waals surface area (Å²) in [5, 5.41) is 12.6. The maximum absolute atomic E-state index is 12.1. The first-order valence-corrected chi connectivity index (χ1v) is 7.29. The highest BCUT2D eigenvalue weighted by Gasteiger charge is 2.16. The van der Waals surface area contributed by atoms with Gasteiger partial charge in [-0.1, -0.05) is 36.4 Å². The van der Waals surface area contributed by atoms with Crippen molar-refractivity contribution in [2.75, 3.05) is 19.0 Å². The van der Waals surface area contributed by atoms with Crippen LogP contribution in [-0.4, -0.2) is 30.5 Å². The molecule has 0 radical (unpaired) electrons. The Bertz CT molecular complexity index is 683. The van der Waals surface area contributed by atoms with Gasteiger partial charge in [0.2, 0.25) is 5.91 Å². The third-order valence-electron chi connectivity index (χ3n) is 3.37. The average Bonchev–Trinajstić information content (AvgIpc) is 2.56. The highest BCUT2D eigenvalue weighted by atomic mass is 16.5. The number of amides is 1. The zero-order valence-electron chi connectivity index (χ0n) is 12.9. The molecule has 2 aromatic carbocycles. The topological polar surface area (TPSA) is 75.6 Å². The number of Topliss-reactive ketones (excluding diaryl/α,β-unsaturated/α-hetero) is 1. The van der Waals surface area contributed by atoms with Gasteiger partial charge in [0.25, 0.3) is 0 Å². The smallest absolute Gasteiger partial charge is 0.224 e. The van der Waals surface area contributed by atoms with E-state index in [2.05, 4.69) is 5.32 Å². The Morgan fingerprint density at radius 3 is 2.52 bits per heavy atom. The van der Waals surface area contributed by atoms with Crippen molar-refractivity contribution in [3.63, 3.8) is 0 Å². The zero-order valence-corrected chi connectivity index (χ0v) is 12.9. The number of hydrogen-bond donors (Lipinski definition) is 2. The van der Waals surface area contributed by atoms with E-state index < -0.39 is 0 Å². The van der Waals surface area contributed by atoms with Crippen LogP contribution in [0.3, 0.4) is 0 Å². The molecule has 120 valence electrons. The van der Waals surface area contributed by atoms with E-state index in [1.54, 1.807) is 12.1 Å². The van der Waals surface area contributed by atoms with Crippen molar-refractivity contribution in [2.45, 2.75) is 12.8 Å². The number of anilines is 1. The molecule has 0 aromatic heterocycles. The first-order chi connectivity index (χ1) is 11.1. The molecule has 0 heterocycles. The van der Waals surface area contributed by atoms with Crippen LogP contribution in [0.2, 0.25) is 0 Å². The number of aryl methyl sites for hydroxylation is 1. The minimum absolute atomic E-state index is 0.115. The molecule has 0 saturated carbocycles. The number of hydrogen-bond acceptors (Lipinski definition) is 4. The molecule has 5 heteroatoms. The summed E-state index contributed by atoms with van der Waals surface area (Å²) >= 11 is 0. The monoisotopic (exact) mass is 313 g/mol. The maximum Gasteiger partial charge on any atom is 0.224 e. The quantitative estimate of drug-likeness (QED) is 0.609. The van der Waals surface area contributed by atoms with E-state index in [4.69, 9.17) is 4.74 Å². The van der Waals surface area contributed by atoms with Gasteiger partial charge in [-0.25, -0.2) is 0 Å². The van der Waals surface area contributed by atoms with Crippen LogP contribution in [0.5, 0.6) is 5.75 Å². The lowest BCUT2D eigenvalue weighted by atomic mass is 10.1. The fourth-order valence-corrected chi connectivity index (χ4v) is 2.22. The van der Waals surface area contributed by atoms with Gasteiger partial charge in [-0.05, 0) is 24.1 Å². The Balaban J connectivity index is 2.06. The van der Waals surface area contributed by atoms with Crippen molar-refractivity contribution in [3.05, 3.63) is 59.7 Å². The summed E-state index contributed by atoms with van der Waals surface area (Å²) < 4.78 is 4.82. The first kappa shape index (κ1) is 16.7. The molecule has 0 aliphatic carbocycles. The number of para-hydroxylation sites is 1. The van der Waals surface area contributed by atoms with Crippen molar-refractivity contribution in [3.8, 4) is 5.75 Å². The molecule has 0 bridgehead atoms. The number of methoxy groups -OCH3 is 1. The normalized spacial score (nSPS) is 10.3. The highest BCUT2D eigenvalue weighted by Crippen LogP contribution is 2.28. The van der Waals surface area contributed by atoms with Gasteiger partial charge >= 0.3 is 0 Å². The highest BCUT2D eigenvalue weighted by molar-refractivity contribution is 6.06. The van der Waals surface area contributed by atoms with Gasteiger partial charge in [0.15, 0.2) is 5.78 Å². The number of phenols is 1. The molecule has 2 rings (SSSR count). The molecule has 0 fully saturated rings. The Kier molecular flexibility index (Phi) is 5.88. The Labute approximate surface area is 134 Å². The van der Waals surface area contributed by atoms with E-state index in [9.17, 15) is 14.7 Å². The molecule has 0 aliphatic heterocycles. The second kappa shape index (κ2) is 8.10. The van der Waals surface area contributed by atoms with Crippen molar-refractivity contribution < 1.29 is 19.4 Å². The number of aromatic hydroxyl groups is 1. The van der Waals surface area contributed by atoms with Crippen LogP contribution in [0.25, 0.3) is 0 Å². The maximum atomic E-state index is 12.1. The van der Waals surface area contributed by atoms with Crippen LogP contribution in [0.1, 0.15) is 22.3 Å². The van der Waals surface area contributed by atoms with E-state index in [1.807, 2.05) is 30.3 Å². The number of ketones is 1. The largest absolute Gasteiger partial charge is 0.506 e. The third-order valence-corrected chi connectivity index (χ3v) is 3.37. The lowest BCUT2D eigenvalue weighted by molar-refractivity contribution is -0.116. The van der Waals surface area contributed by atoms with Crippen LogP contribution in [0.4, 0.5) is 5.69 Å². The van der Waals surface area contributed by atoms with Gasteiger partial charge < -0.3 is 15.2 Å². The van der Waals surface area contributed by atoms with Crippen molar-refractivity contribution >= 4 is 17.4 Å². The SMILES string of the molecule is COCC(=O)c1cccc(O)c1NC(=O)CCc1ccccc1. The van der Waals surface area contributed by atoms with Crippen LogP contribution in [0.15, 0.2) is 48.5 Å². The fourth-order valence-electron chi connectivity index (χ4n) is 2.22. The van der Waals surface area contributed by atoms with E-state index in [-0.39, 0.29) is 41.7 Å². The number of carbonyl (C=O) groups is 2. The van der Waals surface area contributed by atoms with Gasteiger partial charge in [-0.2, -0.15) is 0 Å². The molecular formula is C18H19NO4. The summed E-state index contributed by atoms with van der Waals surface area (Å²) in [5.41, 5.74) is 1.42. The summed E-state index contributed by atoms with van der Waals surface area (Å²) in [7, 11) is 1.42. The molecule has 0 spiro atoms. The van der Waals surface area contributed by atoms with Crippen LogP contribution >= 0.6 is 0 Å². The number of carbonyl (C=O) groups excluding carboxylic acids is 2. The molecule has 0 unspecified atom stereocenters. The van der Waals surface area contributed by atoms with Crippen molar-refractivity contribution in [1.29, 1.82) is 0 Å². The molecule has 1 amide bonds. The van der Waals surface area contributed by atoms with E-state index in [0.29, 0.717) is 6.42 Å². The summed E-state index contributed by atoms with van der Waals surface area (Å²) in [6.45, 7) is -0.115. The molecule has 2 aromatic rings. The number of benzene rings is 2. The van der Waals surface area contributed by atoms with Crippen molar-refractivity contribution in [2.24, 2.45) is 0 Å². The Morgan fingerprint density at radius 2 is 1.83 bits per heavy atom. The lowest BCUT2D eigenvalue weighted by Crippen LogP contribution is -2.17. The van der Waals surface area contributed by atoms with E-state index >= 15 is 0 Å². The molecule has 0 atom stereocenters. The van der Waals surface area contributed by atoms with E-state index in [0.717, 1.165) is 5.56 Å². The minimum atomic E-state index is -0.304. The summed E-state index contributed by atoms with van der Waals surface area (Å²) in [6.07, 6.45) is 0.845. The number of rotatable bonds is 7. The molecule has 5 nitrogen and oxygen atoms in total. The van der Waals surface area contributed by atoms with Gasteiger partial charge in [0.1, 0.15) is 12.4 Å². The molecule has 0 aliphatic rings. The van der Waals surface area contributed by atoms with Gasteiger partial charge in [0, 0.05) is 19.1 Å². The Hall–Kier alpha value is -2.66. The molecular weight excluding hydrogens is 294 g/mol. The van der Waals surface area contributed by atoms with Crippen LogP contribution < -0.4 is 5.32 Å². The Morgan fingerprint density at radius 1 is 1.09 bits per heavy atom. The average molecular weight is 313 g/mol. The summed E-state index contributed by atoms with van der Waals surface area (Å²) in [4.78, 5) is 24.1. The van der Waals surface area contributed by atoms with Gasteiger partial charge in [0.05, 0.1) is 5.69 Å². The van der Waals surface area contributed by atoms with Crippen molar-refractivity contribution in [1.82, 2.24) is 0 Å². The number of ether oxygens (including phenoxy) is 1. The predicted molar refractivity (Wildman–Crippen MR) is 87.7 cm³/mol. The molecule has 2 N–H and O–H groups in total.